The van der Waals surface area contributed by atoms with E-state index >= 15 is 0 Å². The second kappa shape index (κ2) is 7.99. The van der Waals surface area contributed by atoms with E-state index in [0.29, 0.717) is 17.8 Å². The van der Waals surface area contributed by atoms with Crippen molar-refractivity contribution in [3.63, 3.8) is 0 Å². The second-order valence-electron chi connectivity index (χ2n) is 6.36. The lowest BCUT2D eigenvalue weighted by atomic mass is 10.1. The number of imide groups is 1. The predicted octanol–water partition coefficient (Wildman–Crippen LogP) is 0.689. The molecule has 0 atom stereocenters. The van der Waals surface area contributed by atoms with Crippen LogP contribution in [0.1, 0.15) is 56.5 Å². The van der Waals surface area contributed by atoms with Gasteiger partial charge in [-0.2, -0.15) is 0 Å². The van der Waals surface area contributed by atoms with Gasteiger partial charge in [0.15, 0.2) is 0 Å². The first-order chi connectivity index (χ1) is 13.4. The number of carboxylic acids is 1. The number of aliphatic carboxylic acids is 1. The average Bonchev–Trinajstić information content (AvgIpc) is 3.20. The Labute approximate surface area is 160 Å². The number of hydrogen-bond donors (Lipinski definition) is 2. The summed E-state index contributed by atoms with van der Waals surface area (Å²) in [6.45, 7) is 2.05. The molecule has 10 nitrogen and oxygen atoms in total. The number of carbonyl (C=O) groups excluding carboxylic acids is 3. The number of nitrogens with one attached hydrogen (secondary N) is 1. The zero-order valence-electron chi connectivity index (χ0n) is 15.2. The first-order valence-corrected chi connectivity index (χ1v) is 8.80. The monoisotopic (exact) mass is 385 g/mol. The maximum absolute atomic E-state index is 12.5. The van der Waals surface area contributed by atoms with Crippen LogP contribution in [0.4, 0.5) is 0 Å². The number of hydrogen-bond acceptors (Lipinski definition) is 6. The lowest BCUT2D eigenvalue weighted by Crippen LogP contribution is -2.30. The van der Waals surface area contributed by atoms with Gasteiger partial charge in [0, 0.05) is 12.1 Å². The molecule has 3 rings (SSSR count). The Morgan fingerprint density at radius 2 is 1.93 bits per heavy atom. The summed E-state index contributed by atoms with van der Waals surface area (Å²) < 4.78 is 1.15. The number of nitrogens with zero attached hydrogens (tertiary/aromatic N) is 4. The Morgan fingerprint density at radius 3 is 2.64 bits per heavy atom. The lowest BCUT2D eigenvalue weighted by molar-refractivity contribution is -0.137. The van der Waals surface area contributed by atoms with Gasteiger partial charge in [0.1, 0.15) is 12.2 Å². The number of carboxylic acid groups (broad SMARTS) is 1. The van der Waals surface area contributed by atoms with E-state index in [9.17, 15) is 19.2 Å². The highest BCUT2D eigenvalue weighted by Gasteiger charge is 2.35. The van der Waals surface area contributed by atoms with Gasteiger partial charge in [-0.25, -0.2) is 4.68 Å². The summed E-state index contributed by atoms with van der Waals surface area (Å²) in [7, 11) is 0. The number of carbonyl (C=O) groups is 4. The fraction of sp³-hybridized carbons (Fsp3) is 0.333. The van der Waals surface area contributed by atoms with Gasteiger partial charge < -0.3 is 10.4 Å². The molecule has 3 amide bonds. The van der Waals surface area contributed by atoms with Gasteiger partial charge in [0.25, 0.3) is 17.7 Å². The summed E-state index contributed by atoms with van der Waals surface area (Å²) in [5.41, 5.74) is 1.17. The van der Waals surface area contributed by atoms with Gasteiger partial charge in [-0.05, 0) is 24.6 Å². The van der Waals surface area contributed by atoms with E-state index in [0.717, 1.165) is 17.5 Å². The SMILES string of the molecule is CCCCN1C(=O)c2ccc(C(=O)NCc3cn(CC(=O)O)nn3)cc2C1=O. The molecule has 1 aliphatic heterocycles. The van der Waals surface area contributed by atoms with Gasteiger partial charge >= 0.3 is 5.97 Å². The number of unbranched alkanes of at least 4 members (excludes halogenated alkanes) is 1. The molecule has 0 unspecified atom stereocenters. The van der Waals surface area contributed by atoms with Crippen molar-refractivity contribution in [3.8, 4) is 0 Å². The van der Waals surface area contributed by atoms with Gasteiger partial charge in [-0.15, -0.1) is 5.10 Å². The molecular weight excluding hydrogens is 366 g/mol. The smallest absolute Gasteiger partial charge is 0.325 e. The molecule has 146 valence electrons. The standard InChI is InChI=1S/C18H19N5O5/c1-2-3-6-23-17(27)13-5-4-11(7-14(13)18(23)28)16(26)19-8-12-9-22(21-20-12)10-15(24)25/h4-5,7,9H,2-3,6,8,10H2,1H3,(H,19,26)(H,24,25). The Bertz CT molecular complexity index is 952. The molecule has 0 bridgehead atoms. The Kier molecular flexibility index (Phi) is 5.48. The molecule has 1 aromatic carbocycles. The summed E-state index contributed by atoms with van der Waals surface area (Å²) in [6.07, 6.45) is 3.00. The molecule has 2 aromatic rings. The van der Waals surface area contributed by atoms with Crippen molar-refractivity contribution in [1.29, 1.82) is 0 Å². The quantitative estimate of drug-likeness (QED) is 0.638. The summed E-state index contributed by atoms with van der Waals surface area (Å²) in [5.74, 6) is -2.22. The Morgan fingerprint density at radius 1 is 1.18 bits per heavy atom. The third-order valence-electron chi connectivity index (χ3n) is 4.28. The van der Waals surface area contributed by atoms with Crippen LogP contribution in [0.15, 0.2) is 24.4 Å². The number of amides is 3. The van der Waals surface area contributed by atoms with Crippen LogP contribution in [0, 0.1) is 0 Å². The van der Waals surface area contributed by atoms with Crippen LogP contribution in [0.3, 0.4) is 0 Å². The third-order valence-corrected chi connectivity index (χ3v) is 4.28. The van der Waals surface area contributed by atoms with E-state index < -0.39 is 11.9 Å². The number of aromatic nitrogens is 3. The number of benzene rings is 1. The van der Waals surface area contributed by atoms with Gasteiger partial charge in [0.05, 0.1) is 23.9 Å². The largest absolute Gasteiger partial charge is 0.480 e. The van der Waals surface area contributed by atoms with Crippen LogP contribution in [-0.4, -0.2) is 55.2 Å². The molecule has 0 saturated carbocycles. The predicted molar refractivity (Wildman–Crippen MR) is 95.5 cm³/mol. The van der Waals surface area contributed by atoms with Crippen molar-refractivity contribution in [3.05, 3.63) is 46.8 Å². The van der Waals surface area contributed by atoms with Crippen molar-refractivity contribution < 1.29 is 24.3 Å². The molecule has 2 N–H and O–H groups in total. The second-order valence-corrected chi connectivity index (χ2v) is 6.36. The molecule has 0 saturated heterocycles. The molecule has 1 aliphatic rings. The molecule has 0 radical (unpaired) electrons. The van der Waals surface area contributed by atoms with Gasteiger partial charge in [0.2, 0.25) is 0 Å². The van der Waals surface area contributed by atoms with Crippen molar-refractivity contribution in [2.75, 3.05) is 6.54 Å². The summed E-state index contributed by atoms with van der Waals surface area (Å²) in [6, 6.07) is 4.39. The van der Waals surface area contributed by atoms with Crippen LogP contribution >= 0.6 is 0 Å². The van der Waals surface area contributed by atoms with E-state index in [4.69, 9.17) is 5.11 Å². The normalized spacial score (nSPS) is 13.0. The minimum absolute atomic E-state index is 0.0467. The molecule has 0 fully saturated rings. The van der Waals surface area contributed by atoms with Crippen LogP contribution in [0.2, 0.25) is 0 Å². The highest BCUT2D eigenvalue weighted by molar-refractivity contribution is 6.22. The van der Waals surface area contributed by atoms with E-state index in [1.807, 2.05) is 6.92 Å². The Hall–Kier alpha value is -3.56. The summed E-state index contributed by atoms with van der Waals surface area (Å²) >= 11 is 0. The van der Waals surface area contributed by atoms with E-state index in [1.165, 1.54) is 29.3 Å². The third kappa shape index (κ3) is 3.90. The summed E-state index contributed by atoms with van der Waals surface area (Å²) in [5, 5.41) is 18.8. The lowest BCUT2D eigenvalue weighted by Gasteiger charge is -2.12. The number of fused-ring (bicyclic) bond motifs is 1. The minimum atomic E-state index is -1.05. The van der Waals surface area contributed by atoms with Crippen molar-refractivity contribution in [1.82, 2.24) is 25.2 Å². The Balaban J connectivity index is 1.67. The van der Waals surface area contributed by atoms with E-state index in [-0.39, 0.29) is 36.0 Å². The van der Waals surface area contributed by atoms with Crippen LogP contribution in [0.5, 0.6) is 0 Å². The maximum Gasteiger partial charge on any atom is 0.325 e. The molecule has 10 heteroatoms. The zero-order chi connectivity index (χ0) is 20.3. The van der Waals surface area contributed by atoms with Gasteiger partial charge in [-0.1, -0.05) is 18.6 Å². The molecule has 0 aliphatic carbocycles. The highest BCUT2D eigenvalue weighted by Crippen LogP contribution is 2.24. The van der Waals surface area contributed by atoms with Crippen molar-refractivity contribution in [2.24, 2.45) is 0 Å². The topological polar surface area (TPSA) is 134 Å². The van der Waals surface area contributed by atoms with Crippen LogP contribution < -0.4 is 5.32 Å². The molecular formula is C18H19N5O5. The average molecular weight is 385 g/mol. The fourth-order valence-corrected chi connectivity index (χ4v) is 2.86. The minimum Gasteiger partial charge on any atom is -0.480 e. The summed E-state index contributed by atoms with van der Waals surface area (Å²) in [4.78, 5) is 49.0. The first-order valence-electron chi connectivity index (χ1n) is 8.80. The van der Waals surface area contributed by atoms with Crippen LogP contribution in [-0.2, 0) is 17.9 Å². The van der Waals surface area contributed by atoms with Crippen molar-refractivity contribution in [2.45, 2.75) is 32.9 Å². The number of rotatable bonds is 8. The molecule has 28 heavy (non-hydrogen) atoms. The molecule has 0 spiro atoms. The molecule has 2 heterocycles. The first kappa shape index (κ1) is 19.2. The van der Waals surface area contributed by atoms with Gasteiger partial charge in [-0.3, -0.25) is 24.1 Å². The van der Waals surface area contributed by atoms with E-state index in [2.05, 4.69) is 15.6 Å². The molecule has 1 aromatic heterocycles. The van der Waals surface area contributed by atoms with Crippen LogP contribution in [0.25, 0.3) is 0 Å². The zero-order valence-corrected chi connectivity index (χ0v) is 15.2. The highest BCUT2D eigenvalue weighted by atomic mass is 16.4. The van der Waals surface area contributed by atoms with E-state index in [1.54, 1.807) is 0 Å². The maximum atomic E-state index is 12.5. The fourth-order valence-electron chi connectivity index (χ4n) is 2.86. The van der Waals surface area contributed by atoms with Crippen molar-refractivity contribution >= 4 is 23.7 Å².